The second-order valence-electron chi connectivity index (χ2n) is 4.65. The Bertz CT molecular complexity index is 454. The van der Waals surface area contributed by atoms with E-state index in [9.17, 15) is 9.59 Å². The van der Waals surface area contributed by atoms with Gasteiger partial charge in [-0.05, 0) is 37.2 Å². The lowest BCUT2D eigenvalue weighted by molar-refractivity contribution is -0.114. The number of carbonyl (C=O) groups excluding carboxylic acids is 2. The van der Waals surface area contributed by atoms with Gasteiger partial charge >= 0.3 is 0 Å². The van der Waals surface area contributed by atoms with Crippen molar-refractivity contribution >= 4 is 29.9 Å². The third-order valence-corrected chi connectivity index (χ3v) is 3.08. The molecule has 6 heteroatoms. The SMILES string of the molecule is CC(=O)Nc1ccc(C(=O)N2CCCNCC2)cc1.Cl. The van der Waals surface area contributed by atoms with Gasteiger partial charge in [-0.25, -0.2) is 0 Å². The first-order valence-electron chi connectivity index (χ1n) is 6.54. The minimum atomic E-state index is -0.113. The molecule has 20 heavy (non-hydrogen) atoms. The van der Waals surface area contributed by atoms with Gasteiger partial charge in [0.05, 0.1) is 0 Å². The normalized spacial score (nSPS) is 14.9. The fourth-order valence-corrected chi connectivity index (χ4v) is 2.13. The Morgan fingerprint density at radius 1 is 1.15 bits per heavy atom. The van der Waals surface area contributed by atoms with Crippen LogP contribution in [0.5, 0.6) is 0 Å². The van der Waals surface area contributed by atoms with Crippen molar-refractivity contribution in [2.24, 2.45) is 0 Å². The highest BCUT2D eigenvalue weighted by Gasteiger charge is 2.16. The van der Waals surface area contributed by atoms with Crippen molar-refractivity contribution in [1.82, 2.24) is 10.2 Å². The molecule has 0 spiro atoms. The minimum absolute atomic E-state index is 0. The molecule has 0 aliphatic carbocycles. The number of carbonyl (C=O) groups is 2. The Kier molecular flexibility index (Phi) is 6.48. The predicted molar refractivity (Wildman–Crippen MR) is 81.4 cm³/mol. The Morgan fingerprint density at radius 3 is 2.50 bits per heavy atom. The van der Waals surface area contributed by atoms with Crippen molar-refractivity contribution in [3.8, 4) is 0 Å². The van der Waals surface area contributed by atoms with Gasteiger partial charge in [0.15, 0.2) is 0 Å². The standard InChI is InChI=1S/C14H19N3O2.ClH/c1-11(18)16-13-5-3-12(4-6-13)14(19)17-9-2-7-15-8-10-17;/h3-6,15H,2,7-10H2,1H3,(H,16,18);1H. The predicted octanol–water partition coefficient (Wildman–Crippen LogP) is 1.50. The summed E-state index contributed by atoms with van der Waals surface area (Å²) in [6.07, 6.45) is 0.982. The Balaban J connectivity index is 0.00000200. The second kappa shape index (κ2) is 7.87. The Morgan fingerprint density at radius 2 is 1.85 bits per heavy atom. The zero-order valence-corrected chi connectivity index (χ0v) is 12.3. The maximum atomic E-state index is 12.3. The molecule has 0 atom stereocenters. The van der Waals surface area contributed by atoms with Gasteiger partial charge in [0.2, 0.25) is 5.91 Å². The molecule has 0 bridgehead atoms. The van der Waals surface area contributed by atoms with Gasteiger partial charge < -0.3 is 15.5 Å². The number of anilines is 1. The zero-order chi connectivity index (χ0) is 13.7. The lowest BCUT2D eigenvalue weighted by atomic mass is 10.1. The number of benzene rings is 1. The van der Waals surface area contributed by atoms with E-state index >= 15 is 0 Å². The van der Waals surface area contributed by atoms with E-state index in [1.807, 2.05) is 4.90 Å². The first kappa shape index (κ1) is 16.5. The number of hydrogen-bond acceptors (Lipinski definition) is 3. The molecule has 1 aromatic carbocycles. The average Bonchev–Trinajstić information content (AvgIpc) is 2.67. The molecule has 1 heterocycles. The van der Waals surface area contributed by atoms with Crippen molar-refractivity contribution < 1.29 is 9.59 Å². The molecule has 2 rings (SSSR count). The Hall–Kier alpha value is -1.59. The van der Waals surface area contributed by atoms with Crippen molar-refractivity contribution in [3.05, 3.63) is 29.8 Å². The van der Waals surface area contributed by atoms with Crippen LogP contribution in [0.4, 0.5) is 5.69 Å². The van der Waals surface area contributed by atoms with Gasteiger partial charge in [0, 0.05) is 37.8 Å². The van der Waals surface area contributed by atoms with Gasteiger partial charge in [-0.3, -0.25) is 9.59 Å². The number of amides is 2. The molecule has 1 aromatic rings. The lowest BCUT2D eigenvalue weighted by Crippen LogP contribution is -2.34. The fourth-order valence-electron chi connectivity index (χ4n) is 2.13. The van der Waals surface area contributed by atoms with E-state index in [-0.39, 0.29) is 24.2 Å². The molecule has 0 radical (unpaired) electrons. The summed E-state index contributed by atoms with van der Waals surface area (Å²) in [6.45, 7) is 4.80. The first-order chi connectivity index (χ1) is 9.16. The largest absolute Gasteiger partial charge is 0.337 e. The quantitative estimate of drug-likeness (QED) is 0.870. The summed E-state index contributed by atoms with van der Waals surface area (Å²) in [5.74, 6) is -0.0595. The lowest BCUT2D eigenvalue weighted by Gasteiger charge is -2.20. The van der Waals surface area contributed by atoms with E-state index in [0.29, 0.717) is 11.3 Å². The number of hydrogen-bond donors (Lipinski definition) is 2. The van der Waals surface area contributed by atoms with Crippen molar-refractivity contribution in [3.63, 3.8) is 0 Å². The maximum absolute atomic E-state index is 12.3. The summed E-state index contributed by atoms with van der Waals surface area (Å²) in [5, 5.41) is 5.96. The first-order valence-corrected chi connectivity index (χ1v) is 6.54. The minimum Gasteiger partial charge on any atom is -0.337 e. The molecule has 2 amide bonds. The number of nitrogens with one attached hydrogen (secondary N) is 2. The molecule has 1 fully saturated rings. The molecule has 5 nitrogen and oxygen atoms in total. The van der Waals surface area contributed by atoms with Gasteiger partial charge in [-0.2, -0.15) is 0 Å². The average molecular weight is 298 g/mol. The summed E-state index contributed by atoms with van der Waals surface area (Å²) in [7, 11) is 0. The smallest absolute Gasteiger partial charge is 0.253 e. The summed E-state index contributed by atoms with van der Waals surface area (Å²) in [4.78, 5) is 25.1. The van der Waals surface area contributed by atoms with Crippen LogP contribution in [-0.2, 0) is 4.79 Å². The van der Waals surface area contributed by atoms with Crippen LogP contribution in [0.3, 0.4) is 0 Å². The van der Waals surface area contributed by atoms with Crippen molar-refractivity contribution in [2.45, 2.75) is 13.3 Å². The summed E-state index contributed by atoms with van der Waals surface area (Å²) >= 11 is 0. The van der Waals surface area contributed by atoms with Crippen LogP contribution in [0.15, 0.2) is 24.3 Å². The van der Waals surface area contributed by atoms with Crippen LogP contribution >= 0.6 is 12.4 Å². The summed E-state index contributed by atoms with van der Waals surface area (Å²) in [6, 6.07) is 7.02. The highest BCUT2D eigenvalue weighted by Crippen LogP contribution is 2.12. The van der Waals surface area contributed by atoms with Crippen LogP contribution in [0.1, 0.15) is 23.7 Å². The molecular weight excluding hydrogens is 278 g/mol. The highest BCUT2D eigenvalue weighted by molar-refractivity contribution is 5.95. The molecule has 0 unspecified atom stereocenters. The van der Waals surface area contributed by atoms with E-state index in [2.05, 4.69) is 10.6 Å². The van der Waals surface area contributed by atoms with Gasteiger partial charge in [0.25, 0.3) is 5.91 Å². The molecule has 110 valence electrons. The summed E-state index contributed by atoms with van der Waals surface area (Å²) in [5.41, 5.74) is 1.37. The monoisotopic (exact) mass is 297 g/mol. The highest BCUT2D eigenvalue weighted by atomic mass is 35.5. The third kappa shape index (κ3) is 4.51. The van der Waals surface area contributed by atoms with E-state index in [1.165, 1.54) is 6.92 Å². The molecular formula is C14H20ClN3O2. The van der Waals surface area contributed by atoms with Crippen LogP contribution < -0.4 is 10.6 Å². The van der Waals surface area contributed by atoms with E-state index in [4.69, 9.17) is 0 Å². The molecule has 2 N–H and O–H groups in total. The van der Waals surface area contributed by atoms with E-state index in [1.54, 1.807) is 24.3 Å². The van der Waals surface area contributed by atoms with E-state index < -0.39 is 0 Å². The maximum Gasteiger partial charge on any atom is 0.253 e. The van der Waals surface area contributed by atoms with E-state index in [0.717, 1.165) is 32.6 Å². The van der Waals surface area contributed by atoms with Crippen LogP contribution in [0.25, 0.3) is 0 Å². The number of halogens is 1. The topological polar surface area (TPSA) is 61.4 Å². The van der Waals surface area contributed by atoms with Gasteiger partial charge in [-0.15, -0.1) is 12.4 Å². The van der Waals surface area contributed by atoms with Gasteiger partial charge in [0.1, 0.15) is 0 Å². The number of rotatable bonds is 2. The molecule has 1 saturated heterocycles. The van der Waals surface area contributed by atoms with Crippen LogP contribution in [0.2, 0.25) is 0 Å². The Labute approximate surface area is 125 Å². The second-order valence-corrected chi connectivity index (χ2v) is 4.65. The number of nitrogens with zero attached hydrogens (tertiary/aromatic N) is 1. The van der Waals surface area contributed by atoms with Crippen molar-refractivity contribution in [1.29, 1.82) is 0 Å². The molecule has 0 aromatic heterocycles. The van der Waals surface area contributed by atoms with Gasteiger partial charge in [-0.1, -0.05) is 0 Å². The van der Waals surface area contributed by atoms with Crippen LogP contribution in [-0.4, -0.2) is 42.9 Å². The third-order valence-electron chi connectivity index (χ3n) is 3.08. The molecule has 1 aliphatic heterocycles. The molecule has 1 aliphatic rings. The summed E-state index contributed by atoms with van der Waals surface area (Å²) < 4.78 is 0. The van der Waals surface area contributed by atoms with Crippen molar-refractivity contribution in [2.75, 3.05) is 31.5 Å². The fraction of sp³-hybridized carbons (Fsp3) is 0.429. The molecule has 0 saturated carbocycles. The van der Waals surface area contributed by atoms with Crippen LogP contribution in [0, 0.1) is 0 Å². The zero-order valence-electron chi connectivity index (χ0n) is 11.5.